The lowest BCUT2D eigenvalue weighted by atomic mass is 9.92. The second-order valence-electron chi connectivity index (χ2n) is 5.36. The summed E-state index contributed by atoms with van der Waals surface area (Å²) in [4.78, 5) is 0. The lowest BCUT2D eigenvalue weighted by molar-refractivity contribution is 0.0586. The van der Waals surface area contributed by atoms with E-state index in [9.17, 15) is 0 Å². The van der Waals surface area contributed by atoms with E-state index in [-0.39, 0.29) is 0 Å². The van der Waals surface area contributed by atoms with Gasteiger partial charge in [-0.3, -0.25) is 0 Å². The third-order valence-electron chi connectivity index (χ3n) is 3.86. The molecule has 1 aliphatic carbocycles. The van der Waals surface area contributed by atoms with Gasteiger partial charge in [0.15, 0.2) is 0 Å². The van der Waals surface area contributed by atoms with Crippen molar-refractivity contribution in [1.82, 2.24) is 5.32 Å². The topological polar surface area (TPSA) is 30.5 Å². The van der Waals surface area contributed by atoms with Gasteiger partial charge in [0.25, 0.3) is 0 Å². The minimum absolute atomic E-state index is 0.436. The number of ether oxygens (including phenoxy) is 2. The summed E-state index contributed by atoms with van der Waals surface area (Å²) in [5.74, 6) is 0. The van der Waals surface area contributed by atoms with E-state index in [2.05, 4.69) is 29.6 Å². The van der Waals surface area contributed by atoms with Gasteiger partial charge in [0.05, 0.1) is 12.7 Å². The van der Waals surface area contributed by atoms with Crippen molar-refractivity contribution in [3.63, 3.8) is 0 Å². The highest BCUT2D eigenvalue weighted by Crippen LogP contribution is 2.21. The van der Waals surface area contributed by atoms with E-state index in [4.69, 9.17) is 9.47 Å². The van der Waals surface area contributed by atoms with Crippen LogP contribution in [0.2, 0.25) is 0 Å². The van der Waals surface area contributed by atoms with Gasteiger partial charge in [0.2, 0.25) is 0 Å². The van der Waals surface area contributed by atoms with Gasteiger partial charge in [-0.25, -0.2) is 0 Å². The van der Waals surface area contributed by atoms with Crippen LogP contribution in [0.5, 0.6) is 0 Å². The van der Waals surface area contributed by atoms with Gasteiger partial charge in [-0.05, 0) is 36.8 Å². The first-order valence-corrected chi connectivity index (χ1v) is 7.14. The lowest BCUT2D eigenvalue weighted by Gasteiger charge is -2.29. The highest BCUT2D eigenvalue weighted by Gasteiger charge is 2.20. The van der Waals surface area contributed by atoms with E-state index in [1.54, 1.807) is 7.11 Å². The molecule has 0 aliphatic heterocycles. The van der Waals surface area contributed by atoms with E-state index >= 15 is 0 Å². The molecule has 106 valence electrons. The molecule has 0 amide bonds. The fourth-order valence-electron chi connectivity index (χ4n) is 2.80. The standard InChI is InChI=1S/C16H25NO2/c1-18-12-14-6-3-5-13(9-14)11-17-15-7-4-8-16(10-15)19-2/h3,5-6,9,15-17H,4,7-8,10-12H2,1-2H3. The summed E-state index contributed by atoms with van der Waals surface area (Å²) in [5.41, 5.74) is 2.56. The third kappa shape index (κ3) is 4.60. The Morgan fingerprint density at radius 2 is 2.05 bits per heavy atom. The molecule has 0 radical (unpaired) electrons. The predicted molar refractivity (Wildman–Crippen MR) is 77.0 cm³/mol. The molecule has 1 N–H and O–H groups in total. The van der Waals surface area contributed by atoms with E-state index in [0.29, 0.717) is 18.8 Å². The van der Waals surface area contributed by atoms with E-state index in [1.165, 1.54) is 30.4 Å². The molecule has 0 bridgehead atoms. The van der Waals surface area contributed by atoms with E-state index in [1.807, 2.05) is 7.11 Å². The highest BCUT2D eigenvalue weighted by molar-refractivity contribution is 5.22. The number of benzene rings is 1. The number of rotatable bonds is 6. The lowest BCUT2D eigenvalue weighted by Crippen LogP contribution is -2.36. The Balaban J connectivity index is 1.82. The molecule has 19 heavy (non-hydrogen) atoms. The normalized spacial score (nSPS) is 23.5. The van der Waals surface area contributed by atoms with Crippen LogP contribution in [0.25, 0.3) is 0 Å². The van der Waals surface area contributed by atoms with Crippen LogP contribution in [0.4, 0.5) is 0 Å². The number of hydrogen-bond donors (Lipinski definition) is 1. The fraction of sp³-hybridized carbons (Fsp3) is 0.625. The molecule has 0 heterocycles. The van der Waals surface area contributed by atoms with Gasteiger partial charge in [-0.2, -0.15) is 0 Å². The van der Waals surface area contributed by atoms with Crippen molar-refractivity contribution in [2.75, 3.05) is 14.2 Å². The monoisotopic (exact) mass is 263 g/mol. The van der Waals surface area contributed by atoms with Gasteiger partial charge >= 0.3 is 0 Å². The Morgan fingerprint density at radius 1 is 1.21 bits per heavy atom. The second-order valence-corrected chi connectivity index (χ2v) is 5.36. The molecule has 0 aromatic heterocycles. The maximum absolute atomic E-state index is 5.47. The minimum atomic E-state index is 0.436. The van der Waals surface area contributed by atoms with Gasteiger partial charge in [-0.1, -0.05) is 24.3 Å². The fourth-order valence-corrected chi connectivity index (χ4v) is 2.80. The average molecular weight is 263 g/mol. The SMILES string of the molecule is COCc1cccc(CNC2CCCC(OC)C2)c1. The zero-order valence-corrected chi connectivity index (χ0v) is 12.0. The average Bonchev–Trinajstić information content (AvgIpc) is 2.46. The second kappa shape index (κ2) is 7.63. The van der Waals surface area contributed by atoms with Crippen LogP contribution in [-0.4, -0.2) is 26.4 Å². The van der Waals surface area contributed by atoms with Gasteiger partial charge < -0.3 is 14.8 Å². The predicted octanol–water partition coefficient (Wildman–Crippen LogP) is 2.88. The van der Waals surface area contributed by atoms with Crippen molar-refractivity contribution in [3.05, 3.63) is 35.4 Å². The van der Waals surface area contributed by atoms with Crippen LogP contribution in [0.1, 0.15) is 36.8 Å². The zero-order chi connectivity index (χ0) is 13.5. The molecule has 1 fully saturated rings. The van der Waals surface area contributed by atoms with Crippen LogP contribution in [0.3, 0.4) is 0 Å². The number of hydrogen-bond acceptors (Lipinski definition) is 3. The largest absolute Gasteiger partial charge is 0.381 e. The molecule has 2 atom stereocenters. The number of methoxy groups -OCH3 is 2. The number of nitrogens with one attached hydrogen (secondary N) is 1. The first-order valence-electron chi connectivity index (χ1n) is 7.14. The molecule has 0 spiro atoms. The third-order valence-corrected chi connectivity index (χ3v) is 3.86. The van der Waals surface area contributed by atoms with Gasteiger partial charge in [0.1, 0.15) is 0 Å². The summed E-state index contributed by atoms with van der Waals surface area (Å²) in [5, 5.41) is 3.65. The molecular weight excluding hydrogens is 238 g/mol. The summed E-state index contributed by atoms with van der Waals surface area (Å²) in [6, 6.07) is 9.18. The molecule has 1 saturated carbocycles. The maximum atomic E-state index is 5.47. The summed E-state index contributed by atoms with van der Waals surface area (Å²) >= 11 is 0. The Kier molecular flexibility index (Phi) is 5.83. The van der Waals surface area contributed by atoms with Gasteiger partial charge in [0, 0.05) is 26.8 Å². The first kappa shape index (κ1) is 14.5. The summed E-state index contributed by atoms with van der Waals surface area (Å²) in [7, 11) is 3.55. The summed E-state index contributed by atoms with van der Waals surface area (Å²) in [6.07, 6.45) is 5.30. The Bertz CT molecular complexity index is 381. The molecule has 3 heteroatoms. The molecule has 1 aromatic rings. The summed E-state index contributed by atoms with van der Waals surface area (Å²) in [6.45, 7) is 1.61. The van der Waals surface area contributed by atoms with Crippen molar-refractivity contribution < 1.29 is 9.47 Å². The Labute approximate surface area is 116 Å². The van der Waals surface area contributed by atoms with Crippen molar-refractivity contribution in [2.24, 2.45) is 0 Å². The zero-order valence-electron chi connectivity index (χ0n) is 12.0. The first-order chi connectivity index (χ1) is 9.31. The van der Waals surface area contributed by atoms with Crippen LogP contribution < -0.4 is 5.32 Å². The highest BCUT2D eigenvalue weighted by atomic mass is 16.5. The van der Waals surface area contributed by atoms with Crippen molar-refractivity contribution in [1.29, 1.82) is 0 Å². The maximum Gasteiger partial charge on any atom is 0.0713 e. The van der Waals surface area contributed by atoms with E-state index in [0.717, 1.165) is 13.0 Å². The molecule has 0 saturated heterocycles. The molecule has 1 aromatic carbocycles. The van der Waals surface area contributed by atoms with Crippen molar-refractivity contribution >= 4 is 0 Å². The van der Waals surface area contributed by atoms with E-state index < -0.39 is 0 Å². The van der Waals surface area contributed by atoms with Crippen LogP contribution in [0, 0.1) is 0 Å². The van der Waals surface area contributed by atoms with Gasteiger partial charge in [-0.15, -0.1) is 0 Å². The van der Waals surface area contributed by atoms with Crippen LogP contribution in [-0.2, 0) is 22.6 Å². The van der Waals surface area contributed by atoms with Crippen LogP contribution >= 0.6 is 0 Å². The van der Waals surface area contributed by atoms with Crippen molar-refractivity contribution in [3.8, 4) is 0 Å². The quantitative estimate of drug-likeness (QED) is 0.856. The molecule has 1 aliphatic rings. The molecule has 2 unspecified atom stereocenters. The molecular formula is C16H25NO2. The smallest absolute Gasteiger partial charge is 0.0713 e. The minimum Gasteiger partial charge on any atom is -0.381 e. The molecule has 2 rings (SSSR count). The molecule has 3 nitrogen and oxygen atoms in total. The van der Waals surface area contributed by atoms with Crippen molar-refractivity contribution in [2.45, 2.75) is 51.0 Å². The van der Waals surface area contributed by atoms with Crippen LogP contribution in [0.15, 0.2) is 24.3 Å². The Morgan fingerprint density at radius 3 is 2.84 bits per heavy atom. The Hall–Kier alpha value is -0.900. The summed E-state index contributed by atoms with van der Waals surface area (Å²) < 4.78 is 10.6.